The zero-order valence-corrected chi connectivity index (χ0v) is 28.8. The van der Waals surface area contributed by atoms with Crippen LogP contribution in [-0.2, 0) is 14.0 Å². The van der Waals surface area contributed by atoms with Crippen LogP contribution in [0.15, 0.2) is 22.9 Å². The fourth-order valence-corrected chi connectivity index (χ4v) is 6.17. The maximum absolute atomic E-state index is 14.9. The van der Waals surface area contributed by atoms with Crippen LogP contribution in [0.5, 0.6) is 0 Å². The summed E-state index contributed by atoms with van der Waals surface area (Å²) in [5, 5.41) is 33.1. The highest BCUT2D eigenvalue weighted by molar-refractivity contribution is 7.09. The van der Waals surface area contributed by atoms with E-state index in [4.69, 9.17) is 14.3 Å². The number of aryl methyl sites for hydroxylation is 1. The molecule has 0 aliphatic heterocycles. The van der Waals surface area contributed by atoms with Crippen LogP contribution in [0.3, 0.4) is 0 Å². The molecule has 0 amide bonds. The Balaban J connectivity index is 2.85. The summed E-state index contributed by atoms with van der Waals surface area (Å²) in [6.07, 6.45) is 1.57. The van der Waals surface area contributed by atoms with E-state index in [1.165, 1.54) is 6.08 Å². The predicted octanol–water partition coefficient (Wildman–Crippen LogP) is 6.48. The maximum atomic E-state index is 14.9. The molecule has 10 heteroatoms. The molecule has 41 heavy (non-hydrogen) atoms. The third kappa shape index (κ3) is 11.4. The van der Waals surface area contributed by atoms with Gasteiger partial charge in [0.1, 0.15) is 11.6 Å². The summed E-state index contributed by atoms with van der Waals surface area (Å²) in [5.74, 6) is -1.92. The van der Waals surface area contributed by atoms with Gasteiger partial charge in [-0.15, -0.1) is 11.3 Å². The third-order valence-electron chi connectivity index (χ3n) is 8.32. The molecule has 1 aromatic heterocycles. The fourth-order valence-electron chi connectivity index (χ4n) is 4.25. The first-order chi connectivity index (χ1) is 18.7. The van der Waals surface area contributed by atoms with Gasteiger partial charge >= 0.3 is 0 Å². The van der Waals surface area contributed by atoms with Gasteiger partial charge in [0.2, 0.25) is 0 Å². The van der Waals surface area contributed by atoms with E-state index >= 15 is 0 Å². The molecular weight excluding hydrogens is 561 g/mol. The Morgan fingerprint density at radius 2 is 1.80 bits per heavy atom. The van der Waals surface area contributed by atoms with Crippen molar-refractivity contribution < 1.29 is 33.7 Å². The molecule has 1 unspecified atom stereocenters. The summed E-state index contributed by atoms with van der Waals surface area (Å²) < 4.78 is 27.1. The molecule has 1 heterocycles. The van der Waals surface area contributed by atoms with Crippen LogP contribution in [0, 0.1) is 24.2 Å². The molecule has 0 saturated carbocycles. The van der Waals surface area contributed by atoms with E-state index in [9.17, 15) is 19.4 Å². The molecule has 0 aliphatic carbocycles. The van der Waals surface area contributed by atoms with Crippen LogP contribution in [0.4, 0.5) is 4.39 Å². The molecule has 0 saturated heterocycles. The van der Waals surface area contributed by atoms with Crippen LogP contribution >= 0.6 is 11.3 Å². The summed E-state index contributed by atoms with van der Waals surface area (Å²) in [5.41, 5.74) is 0.729. The van der Waals surface area contributed by atoms with Gasteiger partial charge in [0.05, 0.1) is 42.2 Å². The fraction of sp³-hybridized carbons (Fsp3) is 0.742. The monoisotopic (exact) mass is 615 g/mol. The molecule has 0 spiro atoms. The minimum atomic E-state index is -2.14. The standard InChI is InChI=1S/C31H54FNO6SSi/c1-20(16-25-19-40-23(4)33-25)26(39-41(10,11)30(5,6)7)13-12-24(32)18-38-17-21(2)28(36)22(3)29(37)31(8,9)27(35)14-15-34/h12,16,19,21-22,26-28,34-36H,13-15,17-18H2,1-11H3/b20-16+,24-12-/t21-,22+,26?,27-,28-/m0/s1. The SMILES string of the molecule is C/C(=C\c1csc(C)n1)C(C/C=C(\F)COC[C@H](C)[C@H](O)[C@@H](C)C(=O)C(C)(C)[C@@H](O)CCO)O[Si](C)(C)C(C)(C)C. The van der Waals surface area contributed by atoms with Gasteiger partial charge in [-0.2, -0.15) is 0 Å². The highest BCUT2D eigenvalue weighted by atomic mass is 32.1. The number of carbonyl (C=O) groups excluding carboxylic acids is 1. The Morgan fingerprint density at radius 3 is 2.32 bits per heavy atom. The zero-order valence-electron chi connectivity index (χ0n) is 27.0. The van der Waals surface area contributed by atoms with Crippen molar-refractivity contribution in [1.82, 2.24) is 4.98 Å². The number of Topliss-reactive ketones (excluding diaryl/α,β-unsaturated/α-hetero) is 1. The summed E-state index contributed by atoms with van der Waals surface area (Å²) in [4.78, 5) is 17.5. The van der Waals surface area contributed by atoms with Crippen molar-refractivity contribution in [3.05, 3.63) is 33.6 Å². The number of ether oxygens (including phenoxy) is 1. The molecule has 1 aromatic rings. The predicted molar refractivity (Wildman–Crippen MR) is 168 cm³/mol. The Hall–Kier alpha value is -1.27. The molecule has 0 aliphatic rings. The van der Waals surface area contributed by atoms with Crippen molar-refractivity contribution in [2.45, 2.75) is 112 Å². The van der Waals surface area contributed by atoms with E-state index in [0.29, 0.717) is 6.42 Å². The van der Waals surface area contributed by atoms with E-state index in [1.54, 1.807) is 39.0 Å². The highest BCUT2D eigenvalue weighted by Crippen LogP contribution is 2.39. The van der Waals surface area contributed by atoms with E-state index in [2.05, 4.69) is 38.8 Å². The largest absolute Gasteiger partial charge is 0.410 e. The Morgan fingerprint density at radius 1 is 1.20 bits per heavy atom. The molecule has 0 bridgehead atoms. The van der Waals surface area contributed by atoms with Gasteiger partial charge in [-0.25, -0.2) is 9.37 Å². The number of halogens is 1. The smallest absolute Gasteiger partial charge is 0.192 e. The topological polar surface area (TPSA) is 109 Å². The summed E-state index contributed by atoms with van der Waals surface area (Å²) in [6, 6.07) is 0. The number of hydrogen-bond donors (Lipinski definition) is 3. The molecule has 5 atom stereocenters. The number of aromatic nitrogens is 1. The van der Waals surface area contributed by atoms with Crippen LogP contribution in [0.1, 0.15) is 78.9 Å². The van der Waals surface area contributed by atoms with Crippen molar-refractivity contribution in [3.63, 3.8) is 0 Å². The number of nitrogens with zero attached hydrogens (tertiary/aromatic N) is 1. The van der Waals surface area contributed by atoms with Crippen LogP contribution < -0.4 is 0 Å². The molecule has 0 radical (unpaired) electrons. The van der Waals surface area contributed by atoms with Gasteiger partial charge in [-0.1, -0.05) is 48.5 Å². The third-order valence-corrected chi connectivity index (χ3v) is 13.6. The quantitative estimate of drug-likeness (QED) is 0.172. The number of aliphatic hydroxyl groups excluding tert-OH is 3. The van der Waals surface area contributed by atoms with Crippen molar-refractivity contribution in [2.24, 2.45) is 17.3 Å². The van der Waals surface area contributed by atoms with Gasteiger partial charge < -0.3 is 24.5 Å². The van der Waals surface area contributed by atoms with E-state index < -0.39 is 43.6 Å². The van der Waals surface area contributed by atoms with Crippen molar-refractivity contribution in [3.8, 4) is 0 Å². The molecule has 0 aromatic carbocycles. The number of ketones is 1. The number of hydrogen-bond acceptors (Lipinski definition) is 8. The second kappa shape index (κ2) is 16.0. The Kier molecular flexibility index (Phi) is 14.7. The average molecular weight is 616 g/mol. The summed E-state index contributed by atoms with van der Waals surface area (Å²) >= 11 is 1.58. The zero-order chi connectivity index (χ0) is 31.8. The Labute approximate surface area is 252 Å². The second-order valence-electron chi connectivity index (χ2n) is 13.3. The first-order valence-corrected chi connectivity index (χ1v) is 18.2. The van der Waals surface area contributed by atoms with Gasteiger partial charge in [-0.05, 0) is 62.5 Å². The van der Waals surface area contributed by atoms with Crippen LogP contribution in [-0.4, -0.2) is 72.5 Å². The number of aliphatic hydroxyl groups is 3. The minimum absolute atomic E-state index is 0.00422. The summed E-state index contributed by atoms with van der Waals surface area (Å²) in [6.45, 7) is 21.0. The normalized spacial score (nSPS) is 17.7. The lowest BCUT2D eigenvalue weighted by Crippen LogP contribution is -2.45. The first kappa shape index (κ1) is 37.8. The molecule has 0 fully saturated rings. The van der Waals surface area contributed by atoms with E-state index in [-0.39, 0.29) is 43.2 Å². The van der Waals surface area contributed by atoms with Gasteiger partial charge in [-0.3, -0.25) is 4.79 Å². The molecule has 3 N–H and O–H groups in total. The molecular formula is C31H54FNO6SSi. The van der Waals surface area contributed by atoms with E-state index in [1.807, 2.05) is 25.3 Å². The van der Waals surface area contributed by atoms with Gasteiger partial charge in [0, 0.05) is 29.2 Å². The maximum Gasteiger partial charge on any atom is 0.192 e. The molecule has 7 nitrogen and oxygen atoms in total. The molecule has 236 valence electrons. The number of carbonyl (C=O) groups is 1. The van der Waals surface area contributed by atoms with Crippen molar-refractivity contribution in [2.75, 3.05) is 19.8 Å². The van der Waals surface area contributed by atoms with Gasteiger partial charge in [0.15, 0.2) is 8.32 Å². The lowest BCUT2D eigenvalue weighted by atomic mass is 9.73. The Bertz CT molecular complexity index is 1030. The lowest BCUT2D eigenvalue weighted by Gasteiger charge is -2.39. The number of rotatable bonds is 17. The van der Waals surface area contributed by atoms with Crippen molar-refractivity contribution in [1.29, 1.82) is 0 Å². The first-order valence-electron chi connectivity index (χ1n) is 14.5. The molecule has 1 rings (SSSR count). The minimum Gasteiger partial charge on any atom is -0.410 e. The van der Waals surface area contributed by atoms with Crippen molar-refractivity contribution >= 4 is 31.5 Å². The van der Waals surface area contributed by atoms with Gasteiger partial charge in [0.25, 0.3) is 0 Å². The summed E-state index contributed by atoms with van der Waals surface area (Å²) in [7, 11) is -2.14. The number of thiazole rings is 1. The second-order valence-corrected chi connectivity index (χ2v) is 19.1. The average Bonchev–Trinajstić information content (AvgIpc) is 3.28. The highest BCUT2D eigenvalue weighted by Gasteiger charge is 2.41. The van der Waals surface area contributed by atoms with E-state index in [0.717, 1.165) is 16.3 Å². The van der Waals surface area contributed by atoms with Crippen LogP contribution in [0.25, 0.3) is 6.08 Å². The van der Waals surface area contributed by atoms with Crippen LogP contribution in [0.2, 0.25) is 18.1 Å². The lowest BCUT2D eigenvalue weighted by molar-refractivity contribution is -0.142.